The van der Waals surface area contributed by atoms with Crippen LogP contribution in [0, 0.1) is 0 Å². The van der Waals surface area contributed by atoms with Crippen molar-refractivity contribution in [2.24, 2.45) is 0 Å². The molecule has 0 spiro atoms. The van der Waals surface area contributed by atoms with Gasteiger partial charge in [0.2, 0.25) is 0 Å². The summed E-state index contributed by atoms with van der Waals surface area (Å²) < 4.78 is 5.36. The average Bonchev–Trinajstić information content (AvgIpc) is 2.84. The van der Waals surface area contributed by atoms with Gasteiger partial charge in [0, 0.05) is 28.4 Å². The number of methoxy groups -OCH3 is 1. The number of ether oxygens (including phenoxy) is 1. The molecule has 18 heavy (non-hydrogen) atoms. The van der Waals surface area contributed by atoms with E-state index in [0.29, 0.717) is 6.04 Å². The van der Waals surface area contributed by atoms with Gasteiger partial charge in [-0.2, -0.15) is 11.8 Å². The first-order chi connectivity index (χ1) is 8.72. The number of nitrogens with one attached hydrogen (secondary N) is 1. The summed E-state index contributed by atoms with van der Waals surface area (Å²) in [4.78, 5) is 0. The molecule has 2 rings (SSSR count). The van der Waals surface area contributed by atoms with E-state index in [0.717, 1.165) is 28.1 Å². The Balaban J connectivity index is 1.92. The van der Waals surface area contributed by atoms with Crippen LogP contribution in [-0.2, 0) is 6.54 Å². The Morgan fingerprint density at radius 1 is 1.44 bits per heavy atom. The van der Waals surface area contributed by atoms with E-state index in [4.69, 9.17) is 16.3 Å². The molecule has 4 heteroatoms. The van der Waals surface area contributed by atoms with Gasteiger partial charge in [-0.15, -0.1) is 0 Å². The second kappa shape index (κ2) is 6.69. The lowest BCUT2D eigenvalue weighted by Gasteiger charge is -2.15. The summed E-state index contributed by atoms with van der Waals surface area (Å²) in [5, 5.41) is 5.20. The number of hydrogen-bond donors (Lipinski definition) is 1. The Bertz CT molecular complexity index is 399. The standard InChI is InChI=1S/C14H20ClNOS/c1-17-14-6-3-11(15)7-10(14)9-16-12-4-5-13(8-12)18-2/h3,6-7,12-13,16H,4-5,8-9H2,1-2H3. The molecule has 1 aliphatic carbocycles. The fourth-order valence-electron chi connectivity index (χ4n) is 2.48. The van der Waals surface area contributed by atoms with Crippen molar-refractivity contribution < 1.29 is 4.74 Å². The van der Waals surface area contributed by atoms with Crippen LogP contribution in [0.2, 0.25) is 5.02 Å². The zero-order valence-corrected chi connectivity index (χ0v) is 12.5. The largest absolute Gasteiger partial charge is 0.496 e. The molecule has 0 aliphatic heterocycles. The predicted molar refractivity (Wildman–Crippen MR) is 79.8 cm³/mol. The smallest absolute Gasteiger partial charge is 0.123 e. The molecule has 2 unspecified atom stereocenters. The summed E-state index contributed by atoms with van der Waals surface area (Å²) in [6, 6.07) is 6.40. The summed E-state index contributed by atoms with van der Waals surface area (Å²) in [5.74, 6) is 0.909. The third-order valence-electron chi connectivity index (χ3n) is 3.54. The molecule has 1 fully saturated rings. The Labute approximate surface area is 118 Å². The lowest BCUT2D eigenvalue weighted by Crippen LogP contribution is -2.26. The minimum atomic E-state index is 0.631. The average molecular weight is 286 g/mol. The van der Waals surface area contributed by atoms with Crippen LogP contribution >= 0.6 is 23.4 Å². The first-order valence-electron chi connectivity index (χ1n) is 6.31. The summed E-state index contributed by atoms with van der Waals surface area (Å²) in [7, 11) is 1.70. The third-order valence-corrected chi connectivity index (χ3v) is 4.87. The van der Waals surface area contributed by atoms with Crippen LogP contribution in [-0.4, -0.2) is 24.7 Å². The number of thioether (sulfide) groups is 1. The van der Waals surface area contributed by atoms with Crippen molar-refractivity contribution in [2.45, 2.75) is 37.1 Å². The molecule has 0 amide bonds. The molecular formula is C14H20ClNOS. The Kier molecular flexibility index (Phi) is 5.22. The van der Waals surface area contributed by atoms with Gasteiger partial charge in [0.15, 0.2) is 0 Å². The van der Waals surface area contributed by atoms with Crippen LogP contribution in [0.1, 0.15) is 24.8 Å². The van der Waals surface area contributed by atoms with Gasteiger partial charge in [-0.3, -0.25) is 0 Å². The molecule has 0 aromatic heterocycles. The molecule has 0 bridgehead atoms. The SMILES string of the molecule is COc1ccc(Cl)cc1CNC1CCC(SC)C1. The van der Waals surface area contributed by atoms with Gasteiger partial charge in [-0.1, -0.05) is 11.6 Å². The highest BCUT2D eigenvalue weighted by molar-refractivity contribution is 7.99. The van der Waals surface area contributed by atoms with Crippen molar-refractivity contribution in [3.8, 4) is 5.75 Å². The van der Waals surface area contributed by atoms with Gasteiger partial charge in [-0.25, -0.2) is 0 Å². The number of hydrogen-bond acceptors (Lipinski definition) is 3. The van der Waals surface area contributed by atoms with E-state index >= 15 is 0 Å². The molecule has 100 valence electrons. The van der Waals surface area contributed by atoms with Gasteiger partial charge in [-0.05, 0) is 43.7 Å². The van der Waals surface area contributed by atoms with Gasteiger partial charge in [0.25, 0.3) is 0 Å². The minimum Gasteiger partial charge on any atom is -0.496 e. The van der Waals surface area contributed by atoms with E-state index in [-0.39, 0.29) is 0 Å². The Morgan fingerprint density at radius 2 is 2.28 bits per heavy atom. The second-order valence-corrected chi connectivity index (χ2v) is 6.28. The van der Waals surface area contributed by atoms with Crippen molar-refractivity contribution >= 4 is 23.4 Å². The molecule has 1 saturated carbocycles. The lowest BCUT2D eigenvalue weighted by atomic mass is 10.1. The molecule has 2 nitrogen and oxygen atoms in total. The van der Waals surface area contributed by atoms with Crippen LogP contribution in [0.4, 0.5) is 0 Å². The maximum absolute atomic E-state index is 6.03. The monoisotopic (exact) mass is 285 g/mol. The highest BCUT2D eigenvalue weighted by Gasteiger charge is 2.23. The minimum absolute atomic E-state index is 0.631. The third kappa shape index (κ3) is 3.56. The summed E-state index contributed by atoms with van der Waals surface area (Å²) in [6.45, 7) is 0.829. The molecule has 0 radical (unpaired) electrons. The quantitative estimate of drug-likeness (QED) is 0.891. The Hall–Kier alpha value is -0.380. The summed E-state index contributed by atoms with van der Waals surface area (Å²) >= 11 is 8.01. The molecule has 1 aromatic rings. The molecule has 1 aromatic carbocycles. The number of benzene rings is 1. The van der Waals surface area contributed by atoms with E-state index in [1.165, 1.54) is 19.3 Å². The van der Waals surface area contributed by atoms with Gasteiger partial charge in [0.1, 0.15) is 5.75 Å². The van der Waals surface area contributed by atoms with Gasteiger partial charge >= 0.3 is 0 Å². The van der Waals surface area contributed by atoms with E-state index in [1.54, 1.807) is 7.11 Å². The van der Waals surface area contributed by atoms with Crippen LogP contribution in [0.25, 0.3) is 0 Å². The van der Waals surface area contributed by atoms with Crippen molar-refractivity contribution in [1.29, 1.82) is 0 Å². The molecule has 0 saturated heterocycles. The van der Waals surface area contributed by atoms with Crippen LogP contribution in [0.5, 0.6) is 5.75 Å². The molecular weight excluding hydrogens is 266 g/mol. The zero-order valence-electron chi connectivity index (χ0n) is 10.9. The van der Waals surface area contributed by atoms with E-state index in [1.807, 2.05) is 30.0 Å². The maximum Gasteiger partial charge on any atom is 0.123 e. The first kappa shape index (κ1) is 14.0. The Morgan fingerprint density at radius 3 is 2.94 bits per heavy atom. The van der Waals surface area contributed by atoms with Crippen LogP contribution in [0.3, 0.4) is 0 Å². The van der Waals surface area contributed by atoms with Crippen molar-refractivity contribution in [3.63, 3.8) is 0 Å². The maximum atomic E-state index is 6.03. The zero-order chi connectivity index (χ0) is 13.0. The van der Waals surface area contributed by atoms with E-state index < -0.39 is 0 Å². The van der Waals surface area contributed by atoms with Crippen molar-refractivity contribution in [1.82, 2.24) is 5.32 Å². The molecule has 1 aliphatic rings. The van der Waals surface area contributed by atoms with Gasteiger partial charge < -0.3 is 10.1 Å². The normalized spacial score (nSPS) is 23.3. The van der Waals surface area contributed by atoms with Crippen LogP contribution < -0.4 is 10.1 Å². The number of halogens is 1. The summed E-state index contributed by atoms with van der Waals surface area (Å²) in [5.41, 5.74) is 1.14. The fraction of sp³-hybridized carbons (Fsp3) is 0.571. The summed E-state index contributed by atoms with van der Waals surface area (Å²) in [6.07, 6.45) is 6.07. The number of rotatable bonds is 5. The van der Waals surface area contributed by atoms with Crippen molar-refractivity contribution in [2.75, 3.05) is 13.4 Å². The molecule has 2 atom stereocenters. The highest BCUT2D eigenvalue weighted by atomic mass is 35.5. The van der Waals surface area contributed by atoms with Crippen molar-refractivity contribution in [3.05, 3.63) is 28.8 Å². The highest BCUT2D eigenvalue weighted by Crippen LogP contribution is 2.29. The topological polar surface area (TPSA) is 21.3 Å². The predicted octanol–water partition coefficient (Wildman–Crippen LogP) is 3.72. The van der Waals surface area contributed by atoms with Gasteiger partial charge in [0.05, 0.1) is 7.11 Å². The van der Waals surface area contributed by atoms with E-state index in [9.17, 15) is 0 Å². The second-order valence-electron chi connectivity index (χ2n) is 4.70. The molecule has 1 N–H and O–H groups in total. The molecule has 0 heterocycles. The van der Waals surface area contributed by atoms with E-state index in [2.05, 4.69) is 11.6 Å². The fourth-order valence-corrected chi connectivity index (χ4v) is 3.47. The van der Waals surface area contributed by atoms with Crippen LogP contribution in [0.15, 0.2) is 18.2 Å². The lowest BCUT2D eigenvalue weighted by molar-refractivity contribution is 0.405. The first-order valence-corrected chi connectivity index (χ1v) is 7.98.